The molecule has 0 radical (unpaired) electrons. The van der Waals surface area contributed by atoms with Gasteiger partial charge in [-0.3, -0.25) is 9.48 Å². The van der Waals surface area contributed by atoms with Gasteiger partial charge in [0.2, 0.25) is 5.88 Å². The first-order valence-electron chi connectivity index (χ1n) is 6.84. The Morgan fingerprint density at radius 3 is 3.14 bits per heavy atom. The molecular formula is C14H14N6O2. The number of pyridine rings is 1. The molecule has 1 amide bonds. The smallest absolute Gasteiger partial charge is 0.276 e. The van der Waals surface area contributed by atoms with Crippen LogP contribution in [0.3, 0.4) is 0 Å². The number of rotatable bonds is 3. The molecule has 0 aliphatic carbocycles. The number of aromatic nitrogens is 4. The van der Waals surface area contributed by atoms with Crippen molar-refractivity contribution in [3.05, 3.63) is 35.8 Å². The number of nitriles is 1. The molecule has 1 atom stereocenters. The highest BCUT2D eigenvalue weighted by Gasteiger charge is 2.29. The second-order valence-corrected chi connectivity index (χ2v) is 5.05. The van der Waals surface area contributed by atoms with E-state index in [4.69, 9.17) is 10.00 Å². The standard InChI is InChI=1S/C14H14N6O2/c1-19-9-12(17-18-19)14(21)20-5-3-11(8-20)22-13-6-10(7-15)2-4-16-13/h2,4,6,9,11H,3,5,8H2,1H3. The van der Waals surface area contributed by atoms with E-state index < -0.39 is 0 Å². The summed E-state index contributed by atoms with van der Waals surface area (Å²) in [6, 6.07) is 5.25. The Balaban J connectivity index is 1.62. The van der Waals surface area contributed by atoms with Crippen molar-refractivity contribution in [3.63, 3.8) is 0 Å². The van der Waals surface area contributed by atoms with Crippen LogP contribution in [0.4, 0.5) is 0 Å². The number of likely N-dealkylation sites (tertiary alicyclic amines) is 1. The first-order chi connectivity index (χ1) is 10.7. The highest BCUT2D eigenvalue weighted by atomic mass is 16.5. The minimum absolute atomic E-state index is 0.137. The van der Waals surface area contributed by atoms with Gasteiger partial charge in [-0.25, -0.2) is 4.98 Å². The van der Waals surface area contributed by atoms with Gasteiger partial charge in [0.1, 0.15) is 6.10 Å². The zero-order valence-corrected chi connectivity index (χ0v) is 12.0. The van der Waals surface area contributed by atoms with Gasteiger partial charge in [0.05, 0.1) is 24.4 Å². The lowest BCUT2D eigenvalue weighted by molar-refractivity contribution is 0.0765. The quantitative estimate of drug-likeness (QED) is 0.812. The normalized spacial score (nSPS) is 17.3. The van der Waals surface area contributed by atoms with Crippen LogP contribution in [-0.4, -0.2) is 50.0 Å². The average Bonchev–Trinajstić information content (AvgIpc) is 3.16. The maximum absolute atomic E-state index is 12.3. The van der Waals surface area contributed by atoms with Crippen LogP contribution in [-0.2, 0) is 7.05 Å². The third kappa shape index (κ3) is 2.88. The van der Waals surface area contributed by atoms with E-state index in [1.54, 1.807) is 30.3 Å². The van der Waals surface area contributed by atoms with E-state index in [0.717, 1.165) is 0 Å². The fraction of sp³-hybridized carbons (Fsp3) is 0.357. The molecule has 0 aromatic carbocycles. The van der Waals surface area contributed by atoms with Crippen LogP contribution in [0.2, 0.25) is 0 Å². The summed E-state index contributed by atoms with van der Waals surface area (Å²) in [6.45, 7) is 1.06. The first-order valence-corrected chi connectivity index (χ1v) is 6.84. The van der Waals surface area contributed by atoms with E-state index in [-0.39, 0.29) is 12.0 Å². The number of carbonyl (C=O) groups excluding carboxylic acids is 1. The largest absolute Gasteiger partial charge is 0.472 e. The molecule has 1 aliphatic heterocycles. The van der Waals surface area contributed by atoms with E-state index in [1.165, 1.54) is 10.9 Å². The molecule has 2 aromatic heterocycles. The van der Waals surface area contributed by atoms with Crippen LogP contribution < -0.4 is 4.74 Å². The van der Waals surface area contributed by atoms with Crippen molar-refractivity contribution >= 4 is 5.91 Å². The topological polar surface area (TPSA) is 96.9 Å². The monoisotopic (exact) mass is 298 g/mol. The van der Waals surface area contributed by atoms with Crippen molar-refractivity contribution in [1.82, 2.24) is 24.9 Å². The molecule has 8 heteroatoms. The maximum atomic E-state index is 12.3. The number of amides is 1. The van der Waals surface area contributed by atoms with Crippen LogP contribution in [0.5, 0.6) is 5.88 Å². The molecule has 0 saturated carbocycles. The minimum Gasteiger partial charge on any atom is -0.472 e. The molecule has 0 spiro atoms. The Labute approximate surface area is 126 Å². The van der Waals surface area contributed by atoms with Crippen LogP contribution in [0, 0.1) is 11.3 Å². The van der Waals surface area contributed by atoms with Crippen molar-refractivity contribution in [1.29, 1.82) is 5.26 Å². The van der Waals surface area contributed by atoms with Gasteiger partial charge in [-0.05, 0) is 6.07 Å². The number of ether oxygens (including phenoxy) is 1. The summed E-state index contributed by atoms with van der Waals surface area (Å²) >= 11 is 0. The summed E-state index contributed by atoms with van der Waals surface area (Å²) in [5.74, 6) is 0.246. The van der Waals surface area contributed by atoms with Gasteiger partial charge in [0.15, 0.2) is 5.69 Å². The molecule has 112 valence electrons. The lowest BCUT2D eigenvalue weighted by Gasteiger charge is -2.15. The maximum Gasteiger partial charge on any atom is 0.276 e. The van der Waals surface area contributed by atoms with Crippen LogP contribution in [0.15, 0.2) is 24.5 Å². The van der Waals surface area contributed by atoms with Gasteiger partial charge in [0.25, 0.3) is 5.91 Å². The molecule has 3 heterocycles. The summed E-state index contributed by atoms with van der Waals surface area (Å²) in [7, 11) is 1.72. The van der Waals surface area contributed by atoms with Gasteiger partial charge >= 0.3 is 0 Å². The van der Waals surface area contributed by atoms with Crippen LogP contribution in [0.1, 0.15) is 22.5 Å². The SMILES string of the molecule is Cn1cc(C(=O)N2CCC(Oc3cc(C#N)ccn3)C2)nn1. The van der Waals surface area contributed by atoms with Crippen molar-refractivity contribution in [2.75, 3.05) is 13.1 Å². The summed E-state index contributed by atoms with van der Waals surface area (Å²) in [4.78, 5) is 18.0. The van der Waals surface area contributed by atoms with E-state index >= 15 is 0 Å². The molecule has 1 saturated heterocycles. The third-order valence-corrected chi connectivity index (χ3v) is 3.41. The fourth-order valence-electron chi connectivity index (χ4n) is 2.33. The summed E-state index contributed by atoms with van der Waals surface area (Å²) < 4.78 is 7.24. The number of nitrogens with zero attached hydrogens (tertiary/aromatic N) is 6. The minimum atomic E-state index is -0.155. The second kappa shape index (κ2) is 5.81. The van der Waals surface area contributed by atoms with E-state index in [2.05, 4.69) is 15.3 Å². The van der Waals surface area contributed by atoms with Crippen molar-refractivity contribution in [3.8, 4) is 11.9 Å². The predicted octanol–water partition coefficient (Wildman–Crippen LogP) is 0.375. The van der Waals surface area contributed by atoms with E-state index in [0.29, 0.717) is 36.6 Å². The van der Waals surface area contributed by atoms with E-state index in [1.807, 2.05) is 6.07 Å². The van der Waals surface area contributed by atoms with Crippen molar-refractivity contribution in [2.45, 2.75) is 12.5 Å². The zero-order chi connectivity index (χ0) is 15.5. The molecule has 1 aliphatic rings. The molecule has 0 N–H and O–H groups in total. The average molecular weight is 298 g/mol. The summed E-state index contributed by atoms with van der Waals surface area (Å²) in [5, 5.41) is 16.5. The van der Waals surface area contributed by atoms with Gasteiger partial charge in [-0.15, -0.1) is 5.10 Å². The number of hydrogen-bond donors (Lipinski definition) is 0. The number of aryl methyl sites for hydroxylation is 1. The van der Waals surface area contributed by atoms with Crippen molar-refractivity contribution in [2.24, 2.45) is 7.05 Å². The van der Waals surface area contributed by atoms with E-state index in [9.17, 15) is 4.79 Å². The van der Waals surface area contributed by atoms with Gasteiger partial charge in [-0.1, -0.05) is 5.21 Å². The van der Waals surface area contributed by atoms with Gasteiger partial charge in [-0.2, -0.15) is 5.26 Å². The van der Waals surface area contributed by atoms with Crippen LogP contribution >= 0.6 is 0 Å². The molecule has 22 heavy (non-hydrogen) atoms. The van der Waals surface area contributed by atoms with Gasteiger partial charge < -0.3 is 9.64 Å². The Bertz CT molecular complexity index is 735. The molecular weight excluding hydrogens is 284 g/mol. The highest BCUT2D eigenvalue weighted by Crippen LogP contribution is 2.18. The Hall–Kier alpha value is -2.95. The Morgan fingerprint density at radius 2 is 2.41 bits per heavy atom. The molecule has 2 aromatic rings. The summed E-state index contributed by atoms with van der Waals surface area (Å²) in [6.07, 6.45) is 3.70. The number of hydrogen-bond acceptors (Lipinski definition) is 6. The molecule has 8 nitrogen and oxygen atoms in total. The molecule has 0 bridgehead atoms. The van der Waals surface area contributed by atoms with Gasteiger partial charge in [0, 0.05) is 32.3 Å². The predicted molar refractivity (Wildman–Crippen MR) is 74.9 cm³/mol. The Kier molecular flexibility index (Phi) is 3.70. The van der Waals surface area contributed by atoms with Crippen LogP contribution in [0.25, 0.3) is 0 Å². The molecule has 1 unspecified atom stereocenters. The molecule has 3 rings (SSSR count). The number of carbonyl (C=O) groups is 1. The summed E-state index contributed by atoms with van der Waals surface area (Å²) in [5.41, 5.74) is 0.822. The lowest BCUT2D eigenvalue weighted by atomic mass is 10.3. The highest BCUT2D eigenvalue weighted by molar-refractivity contribution is 5.92. The first kappa shape index (κ1) is 14.0. The zero-order valence-electron chi connectivity index (χ0n) is 12.0. The molecule has 1 fully saturated rings. The Morgan fingerprint density at radius 1 is 1.55 bits per heavy atom. The van der Waals surface area contributed by atoms with Crippen molar-refractivity contribution < 1.29 is 9.53 Å². The second-order valence-electron chi connectivity index (χ2n) is 5.05. The lowest BCUT2D eigenvalue weighted by Crippen LogP contribution is -2.31. The third-order valence-electron chi connectivity index (χ3n) is 3.41. The fourth-order valence-corrected chi connectivity index (χ4v) is 2.33.